The number of likely N-dealkylation sites (N-methyl/N-ethyl adjacent to an activating group) is 1. The Hall–Kier alpha value is -2.19. The molecule has 1 aromatic carbocycles. The molecule has 3 rings (SSSR count). The number of sulfonamides is 1. The second-order valence-corrected chi connectivity index (χ2v) is 9.12. The first-order valence-corrected chi connectivity index (χ1v) is 11.0. The third-order valence-corrected chi connectivity index (χ3v) is 7.23. The van der Waals surface area contributed by atoms with Crippen LogP contribution in [0.2, 0.25) is 0 Å². The monoisotopic (exact) mass is 405 g/mol. The van der Waals surface area contributed by atoms with Crippen molar-refractivity contribution in [2.75, 3.05) is 20.1 Å². The van der Waals surface area contributed by atoms with E-state index in [4.69, 9.17) is 4.42 Å². The summed E-state index contributed by atoms with van der Waals surface area (Å²) in [6.07, 6.45) is 3.81. The number of nitrogens with zero attached hydrogens (tertiary/aromatic N) is 3. The number of hydrogen-bond donors (Lipinski definition) is 0. The number of piperazine rings is 1. The lowest BCUT2D eigenvalue weighted by Crippen LogP contribution is -2.57. The van der Waals surface area contributed by atoms with Crippen LogP contribution >= 0.6 is 0 Å². The maximum absolute atomic E-state index is 13.5. The fraction of sp³-hybridized carbons (Fsp3) is 0.500. The van der Waals surface area contributed by atoms with Crippen molar-refractivity contribution in [3.8, 4) is 11.3 Å². The molecule has 0 spiro atoms. The first-order chi connectivity index (χ1) is 13.3. The number of unbranched alkanes of at least 4 members (excludes halogenated alkanes) is 1. The molecule has 1 aromatic heterocycles. The summed E-state index contributed by atoms with van der Waals surface area (Å²) in [5, 5.41) is 0. The summed E-state index contributed by atoms with van der Waals surface area (Å²) in [5.41, 5.74) is 1.29. The lowest BCUT2D eigenvalue weighted by molar-refractivity contribution is -0.137. The molecule has 1 fully saturated rings. The zero-order valence-electron chi connectivity index (χ0n) is 16.8. The number of carbonyl (C=O) groups excluding carboxylic acids is 1. The zero-order valence-corrected chi connectivity index (χ0v) is 17.6. The van der Waals surface area contributed by atoms with Crippen molar-refractivity contribution in [1.82, 2.24) is 14.2 Å². The molecule has 0 bridgehead atoms. The van der Waals surface area contributed by atoms with E-state index in [-0.39, 0.29) is 10.8 Å². The minimum atomic E-state index is -3.83. The van der Waals surface area contributed by atoms with E-state index in [0.29, 0.717) is 42.3 Å². The molecule has 1 saturated heterocycles. The van der Waals surface area contributed by atoms with Crippen LogP contribution in [0.15, 0.2) is 33.7 Å². The SMILES string of the molecule is CCCC[C@H]1C(=O)N(C)CCN1S(=O)(=O)c1cc(-c2cnc(C)o2)ccc1C. The molecule has 0 unspecified atom stereocenters. The largest absolute Gasteiger partial charge is 0.441 e. The van der Waals surface area contributed by atoms with Gasteiger partial charge in [0.25, 0.3) is 0 Å². The first kappa shape index (κ1) is 20.5. The third kappa shape index (κ3) is 3.84. The molecule has 2 aromatic rings. The van der Waals surface area contributed by atoms with E-state index in [2.05, 4.69) is 4.98 Å². The summed E-state index contributed by atoms with van der Waals surface area (Å²) in [6.45, 7) is 6.22. The van der Waals surface area contributed by atoms with E-state index < -0.39 is 16.1 Å². The van der Waals surface area contributed by atoms with Gasteiger partial charge in [0.15, 0.2) is 11.7 Å². The van der Waals surface area contributed by atoms with E-state index in [9.17, 15) is 13.2 Å². The number of rotatable bonds is 6. The van der Waals surface area contributed by atoms with Crippen molar-refractivity contribution in [1.29, 1.82) is 0 Å². The molecule has 28 heavy (non-hydrogen) atoms. The number of carbonyl (C=O) groups is 1. The molecule has 1 aliphatic rings. The van der Waals surface area contributed by atoms with Gasteiger partial charge in [0.05, 0.1) is 11.1 Å². The molecule has 8 heteroatoms. The zero-order chi connectivity index (χ0) is 20.5. The topological polar surface area (TPSA) is 83.7 Å². The Balaban J connectivity index is 2.02. The minimum absolute atomic E-state index is 0.136. The molecule has 0 aliphatic carbocycles. The van der Waals surface area contributed by atoms with Crippen LogP contribution in [0, 0.1) is 13.8 Å². The van der Waals surface area contributed by atoms with E-state index in [0.717, 1.165) is 12.8 Å². The van der Waals surface area contributed by atoms with Gasteiger partial charge in [-0.3, -0.25) is 4.79 Å². The van der Waals surface area contributed by atoms with Crippen LogP contribution in [0.3, 0.4) is 0 Å². The number of aryl methyl sites for hydroxylation is 2. The highest BCUT2D eigenvalue weighted by Gasteiger charge is 2.40. The summed E-state index contributed by atoms with van der Waals surface area (Å²) in [5.74, 6) is 0.901. The Morgan fingerprint density at radius 1 is 1.25 bits per heavy atom. The molecule has 0 saturated carbocycles. The van der Waals surface area contributed by atoms with Gasteiger partial charge in [-0.25, -0.2) is 13.4 Å². The molecule has 1 amide bonds. The van der Waals surface area contributed by atoms with Crippen LogP contribution < -0.4 is 0 Å². The Morgan fingerprint density at radius 3 is 2.64 bits per heavy atom. The molecule has 0 radical (unpaired) electrons. The Bertz CT molecular complexity index is 968. The smallest absolute Gasteiger partial charge is 0.244 e. The predicted molar refractivity (Wildman–Crippen MR) is 106 cm³/mol. The van der Waals surface area contributed by atoms with Gasteiger partial charge in [-0.2, -0.15) is 4.31 Å². The number of oxazole rings is 1. The second-order valence-electron chi connectivity index (χ2n) is 7.26. The Labute approximate surface area is 166 Å². The van der Waals surface area contributed by atoms with Crippen molar-refractivity contribution < 1.29 is 17.6 Å². The van der Waals surface area contributed by atoms with Crippen LogP contribution in [0.4, 0.5) is 0 Å². The van der Waals surface area contributed by atoms with Crippen LogP contribution in [-0.4, -0.2) is 54.7 Å². The van der Waals surface area contributed by atoms with Gasteiger partial charge in [-0.15, -0.1) is 0 Å². The van der Waals surface area contributed by atoms with E-state index in [1.54, 1.807) is 44.1 Å². The number of hydrogen-bond acceptors (Lipinski definition) is 5. The molecule has 2 heterocycles. The van der Waals surface area contributed by atoms with E-state index in [1.807, 2.05) is 13.0 Å². The van der Waals surface area contributed by atoms with Crippen molar-refractivity contribution in [2.45, 2.75) is 51.0 Å². The first-order valence-electron chi connectivity index (χ1n) is 9.56. The fourth-order valence-corrected chi connectivity index (χ4v) is 5.35. The van der Waals surface area contributed by atoms with Gasteiger partial charge in [-0.05, 0) is 25.0 Å². The van der Waals surface area contributed by atoms with Gasteiger partial charge < -0.3 is 9.32 Å². The highest BCUT2D eigenvalue weighted by molar-refractivity contribution is 7.89. The maximum atomic E-state index is 13.5. The van der Waals surface area contributed by atoms with Gasteiger partial charge in [-0.1, -0.05) is 31.9 Å². The molecule has 7 nitrogen and oxygen atoms in total. The number of benzene rings is 1. The van der Waals surface area contributed by atoms with Crippen molar-refractivity contribution >= 4 is 15.9 Å². The van der Waals surface area contributed by atoms with Gasteiger partial charge in [0.1, 0.15) is 6.04 Å². The quantitative estimate of drug-likeness (QED) is 0.738. The third-order valence-electron chi connectivity index (χ3n) is 5.18. The minimum Gasteiger partial charge on any atom is -0.441 e. The predicted octanol–water partition coefficient (Wildman–Crippen LogP) is 2.98. The van der Waals surface area contributed by atoms with Crippen LogP contribution in [0.25, 0.3) is 11.3 Å². The molecule has 1 aliphatic heterocycles. The summed E-state index contributed by atoms with van der Waals surface area (Å²) in [6, 6.07) is 4.54. The molecular formula is C20H27N3O4S. The standard InChI is InChI=1S/C20H27N3O4S/c1-5-6-7-17-20(24)22(4)10-11-23(17)28(25,26)19-12-16(9-8-14(19)2)18-13-21-15(3)27-18/h8-9,12-13,17H,5-7,10-11H2,1-4H3/t17-/m0/s1. The van der Waals surface area contributed by atoms with Gasteiger partial charge in [0, 0.05) is 32.6 Å². The van der Waals surface area contributed by atoms with Gasteiger partial charge in [0.2, 0.25) is 15.9 Å². The fourth-order valence-electron chi connectivity index (χ4n) is 3.50. The highest BCUT2D eigenvalue weighted by Crippen LogP contribution is 2.30. The molecule has 1 atom stereocenters. The average molecular weight is 406 g/mol. The highest BCUT2D eigenvalue weighted by atomic mass is 32.2. The number of amides is 1. The van der Waals surface area contributed by atoms with Crippen LogP contribution in [0.1, 0.15) is 37.6 Å². The average Bonchev–Trinajstić information content (AvgIpc) is 3.09. The summed E-state index contributed by atoms with van der Waals surface area (Å²) in [4.78, 5) is 18.6. The van der Waals surface area contributed by atoms with Crippen molar-refractivity contribution in [2.24, 2.45) is 0 Å². The molecule has 0 N–H and O–H groups in total. The van der Waals surface area contributed by atoms with Crippen molar-refractivity contribution in [3.63, 3.8) is 0 Å². The number of aromatic nitrogens is 1. The molecule has 152 valence electrons. The summed E-state index contributed by atoms with van der Waals surface area (Å²) in [7, 11) is -2.10. The summed E-state index contributed by atoms with van der Waals surface area (Å²) < 4.78 is 34.0. The van der Waals surface area contributed by atoms with Crippen LogP contribution in [0.5, 0.6) is 0 Å². The van der Waals surface area contributed by atoms with E-state index >= 15 is 0 Å². The van der Waals surface area contributed by atoms with Crippen molar-refractivity contribution in [3.05, 3.63) is 35.9 Å². The van der Waals surface area contributed by atoms with Crippen LogP contribution in [-0.2, 0) is 14.8 Å². The molecular weight excluding hydrogens is 378 g/mol. The lowest BCUT2D eigenvalue weighted by Gasteiger charge is -2.38. The van der Waals surface area contributed by atoms with Gasteiger partial charge >= 0.3 is 0 Å². The maximum Gasteiger partial charge on any atom is 0.244 e. The Kier molecular flexibility index (Phi) is 5.90. The van der Waals surface area contributed by atoms with E-state index in [1.165, 1.54) is 4.31 Å². The normalized spacial score (nSPS) is 18.6. The second kappa shape index (κ2) is 8.05. The lowest BCUT2D eigenvalue weighted by atomic mass is 10.1. The Morgan fingerprint density at radius 2 is 2.00 bits per heavy atom. The summed E-state index contributed by atoms with van der Waals surface area (Å²) >= 11 is 0.